The summed E-state index contributed by atoms with van der Waals surface area (Å²) in [6, 6.07) is 36.4. The van der Waals surface area contributed by atoms with Crippen LogP contribution in [-0.2, 0) is 20.1 Å². The Balaban J connectivity index is 0.000000125. The van der Waals surface area contributed by atoms with Crippen LogP contribution in [0.2, 0.25) is 0 Å². The summed E-state index contributed by atoms with van der Waals surface area (Å²) in [5.41, 5.74) is 10.4. The van der Waals surface area contributed by atoms with Crippen molar-refractivity contribution in [1.29, 1.82) is 0 Å². The number of nitrogens with one attached hydrogen (secondary N) is 3. The predicted octanol–water partition coefficient (Wildman–Crippen LogP) is 10.8. The van der Waals surface area contributed by atoms with Gasteiger partial charge in [0.05, 0.1) is 41.6 Å². The summed E-state index contributed by atoms with van der Waals surface area (Å²) >= 11 is 0. The number of piperidine rings is 3. The fourth-order valence-electron chi connectivity index (χ4n) is 12.4. The lowest BCUT2D eigenvalue weighted by atomic mass is 9.96. The largest absolute Gasteiger partial charge is 0.338 e. The molecule has 3 saturated heterocycles. The Labute approximate surface area is 513 Å². The molecule has 5 aliphatic heterocycles. The number of carbonyl (C=O) groups excluding carboxylic acids is 3. The molecule has 3 amide bonds. The molecule has 0 bridgehead atoms. The van der Waals surface area contributed by atoms with Crippen LogP contribution >= 0.6 is 0 Å². The van der Waals surface area contributed by atoms with Gasteiger partial charge < -0.3 is 24.7 Å². The highest BCUT2D eigenvalue weighted by Gasteiger charge is 2.39. The van der Waals surface area contributed by atoms with Crippen molar-refractivity contribution in [2.45, 2.75) is 69.4 Å². The maximum atomic E-state index is 13.4. The highest BCUT2D eigenvalue weighted by Crippen LogP contribution is 2.35. The number of halogens is 6. The molecule has 0 unspecified atom stereocenters. The molecule has 23 heteroatoms. The number of aromatic amines is 3. The molecule has 17 nitrogen and oxygen atoms in total. The Hall–Kier alpha value is -10.3. The van der Waals surface area contributed by atoms with Crippen LogP contribution in [0.15, 0.2) is 164 Å². The van der Waals surface area contributed by atoms with Crippen molar-refractivity contribution in [3.8, 4) is 11.3 Å². The number of aromatic nitrogens is 6. The molecule has 3 N–H and O–H groups in total. The summed E-state index contributed by atoms with van der Waals surface area (Å²) in [7, 11) is 1.80. The van der Waals surface area contributed by atoms with E-state index in [2.05, 4.69) is 35.2 Å². The normalized spacial score (nSPS) is 17.2. The van der Waals surface area contributed by atoms with E-state index in [0.29, 0.717) is 45.9 Å². The van der Waals surface area contributed by atoms with Crippen LogP contribution in [0.3, 0.4) is 0 Å². The lowest BCUT2D eigenvalue weighted by Gasteiger charge is -2.31. The van der Waals surface area contributed by atoms with Gasteiger partial charge >= 0.3 is 0 Å². The first-order chi connectivity index (χ1) is 43.6. The number of carbonyl (C=O) groups is 3. The zero-order chi connectivity index (χ0) is 63.5. The van der Waals surface area contributed by atoms with Crippen LogP contribution in [0, 0.1) is 0 Å². The van der Waals surface area contributed by atoms with Gasteiger partial charge in [0.2, 0.25) is 0 Å². The number of fused-ring (bicyclic) bond motifs is 6. The van der Waals surface area contributed by atoms with Gasteiger partial charge in [-0.2, -0.15) is 10.2 Å². The number of benzene rings is 6. The van der Waals surface area contributed by atoms with Crippen molar-refractivity contribution in [3.05, 3.63) is 221 Å². The van der Waals surface area contributed by atoms with Gasteiger partial charge in [0.1, 0.15) is 5.69 Å². The van der Waals surface area contributed by atoms with Gasteiger partial charge in [-0.1, -0.05) is 30.3 Å². The number of rotatable bonds is 6. The number of amides is 3. The first-order valence-electron chi connectivity index (χ1n) is 29.7. The Bertz CT molecular complexity index is 4650. The van der Waals surface area contributed by atoms with E-state index in [4.69, 9.17) is 0 Å². The number of pyridine rings is 2. The minimum Gasteiger partial charge on any atom is -0.338 e. The quantitative estimate of drug-likeness (QED) is 0.136. The Morgan fingerprint density at radius 3 is 1.32 bits per heavy atom. The van der Waals surface area contributed by atoms with Crippen LogP contribution in [0.4, 0.5) is 26.3 Å². The maximum absolute atomic E-state index is 13.4. The summed E-state index contributed by atoms with van der Waals surface area (Å²) in [6.07, 6.45) is 3.05. The minimum absolute atomic E-state index is 0.0523. The van der Waals surface area contributed by atoms with Gasteiger partial charge in [-0.15, -0.1) is 0 Å². The van der Waals surface area contributed by atoms with Crippen molar-refractivity contribution in [2.24, 2.45) is 17.0 Å². The van der Waals surface area contributed by atoms with E-state index in [1.165, 1.54) is 14.7 Å². The third-order valence-electron chi connectivity index (χ3n) is 17.5. The lowest BCUT2D eigenvalue weighted by Crippen LogP contribution is -2.42. The molecule has 4 aromatic heterocycles. The topological polar surface area (TPSA) is 215 Å². The second-order valence-corrected chi connectivity index (χ2v) is 23.4. The number of alkyl halides is 6. The van der Waals surface area contributed by atoms with Crippen molar-refractivity contribution in [2.75, 3.05) is 39.3 Å². The molecule has 0 atom stereocenters. The molecule has 0 radical (unpaired) electrons. The molecule has 91 heavy (non-hydrogen) atoms. The van der Waals surface area contributed by atoms with E-state index in [1.54, 1.807) is 78.9 Å². The Morgan fingerprint density at radius 1 is 0.451 bits per heavy atom. The van der Waals surface area contributed by atoms with Crippen molar-refractivity contribution in [1.82, 2.24) is 44.6 Å². The number of nitrogens with zero attached hydrogens (tertiary/aromatic N) is 8. The van der Waals surface area contributed by atoms with Gasteiger partial charge in [0.15, 0.2) is 0 Å². The predicted molar refractivity (Wildman–Crippen MR) is 333 cm³/mol. The third kappa shape index (κ3) is 12.1. The number of hydrogen-bond donors (Lipinski definition) is 3. The molecule has 0 spiro atoms. The van der Waals surface area contributed by atoms with Crippen LogP contribution in [0.1, 0.15) is 103 Å². The lowest BCUT2D eigenvalue weighted by molar-refractivity contribution is -0.0503. The molecule has 3 fully saturated rings. The van der Waals surface area contributed by atoms with E-state index in [-0.39, 0.29) is 112 Å². The summed E-state index contributed by atoms with van der Waals surface area (Å²) in [5, 5.41) is 15.9. The fraction of sp³-hybridized carbons (Fsp3) is 0.265. The van der Waals surface area contributed by atoms with E-state index >= 15 is 0 Å². The first-order valence-corrected chi connectivity index (χ1v) is 29.7. The third-order valence-corrected chi connectivity index (χ3v) is 17.5. The molecular formula is C68H57F6N11O6. The van der Waals surface area contributed by atoms with E-state index in [1.807, 2.05) is 72.8 Å². The molecule has 15 rings (SSSR count). The van der Waals surface area contributed by atoms with Crippen molar-refractivity contribution >= 4 is 72.4 Å². The molecule has 9 heterocycles. The number of hydrogen-bond acceptors (Lipinski definition) is 10. The number of aryl methyl sites for hydroxylation is 1. The number of H-pyrrole nitrogens is 3. The fourth-order valence-corrected chi connectivity index (χ4v) is 12.4. The second kappa shape index (κ2) is 23.6. The minimum atomic E-state index is -2.69. The Morgan fingerprint density at radius 2 is 0.846 bits per heavy atom. The molecule has 0 aliphatic carbocycles. The zero-order valence-corrected chi connectivity index (χ0v) is 49.0. The first kappa shape index (κ1) is 59.6. The molecular weight excluding hydrogens is 1180 g/mol. The molecule has 10 aromatic rings. The van der Waals surface area contributed by atoms with Gasteiger partial charge in [-0.3, -0.25) is 43.4 Å². The van der Waals surface area contributed by atoms with E-state index < -0.39 is 17.8 Å². The van der Waals surface area contributed by atoms with Crippen LogP contribution in [0.25, 0.3) is 54.5 Å². The molecule has 462 valence electrons. The van der Waals surface area contributed by atoms with Crippen LogP contribution < -0.4 is 16.7 Å². The van der Waals surface area contributed by atoms with Crippen LogP contribution in [0.5, 0.6) is 0 Å². The van der Waals surface area contributed by atoms with Gasteiger partial charge in [-0.05, 0) is 113 Å². The van der Waals surface area contributed by atoms with Crippen molar-refractivity contribution < 1.29 is 40.7 Å². The van der Waals surface area contributed by atoms with E-state index in [0.717, 1.165) is 83.1 Å². The van der Waals surface area contributed by atoms with Gasteiger partial charge in [0.25, 0.3) is 52.2 Å². The molecule has 5 aliphatic rings. The average molecular weight is 1240 g/mol. The standard InChI is InChI=1S/C23H20F2N4O2.C23H19F2N3O2.C22H18F2N4O2/c1-28-19-13-16(22(31)29-10-7-23(24,25)8-11-29)3-5-18(19)20(27-28)15-2-4-17-14(12-15)6-9-26-21(17)30;24-23(25)6-9-28(10-7-23)22(30)16-2-3-18-17(12-16)13-27-20(18)15-1-4-19-14(11-15)5-8-26-21(19)29;23-22(24)5-7-28(8-6-22)21(30)14-2-3-17-15(10-14)11-25-19(17)13-1-4-18-16(9-13)12-26-27-20(18)29/h2-6,9,12-13H,7-8,10-11H2,1H3,(H,26,30);1-5,8,11-12H,6-7,9-10,13H2,(H,26,29);1-4,9-10,12H,5-8,11H2,(H,27,29). The smallest absolute Gasteiger partial charge is 0.272 e. The zero-order valence-electron chi connectivity index (χ0n) is 49.0. The SMILES string of the molecule is Cn1nc(-c2ccc3c(=O)[nH]ccc3c2)c2ccc(C(=O)N3CCC(F)(F)CC3)cc21.O=C(c1ccc2c(c1)CN=C2c1ccc2c(=O)[nH]ccc2c1)N1CCC(F)(F)CC1.O=C(c1ccc2c(c1)CN=C2c1ccc2c(=O)[nH]ncc2c1)N1CCC(F)(F)CC1. The Kier molecular flexibility index (Phi) is 15.4. The average Bonchev–Trinajstić information content (AvgIpc) is 1.77. The highest BCUT2D eigenvalue weighted by atomic mass is 19.3. The highest BCUT2D eigenvalue weighted by molar-refractivity contribution is 6.18. The van der Waals surface area contributed by atoms with Crippen molar-refractivity contribution in [3.63, 3.8) is 0 Å². The number of aliphatic imine (C=N–C) groups is 2. The van der Waals surface area contributed by atoms with Crippen LogP contribution in [-0.4, -0.2) is 131 Å². The summed E-state index contributed by atoms with van der Waals surface area (Å²) in [4.78, 5) is 93.1. The summed E-state index contributed by atoms with van der Waals surface area (Å²) in [5.74, 6) is -8.74. The maximum Gasteiger partial charge on any atom is 0.272 e. The molecule has 6 aromatic carbocycles. The second-order valence-electron chi connectivity index (χ2n) is 23.4. The van der Waals surface area contributed by atoms with E-state index in [9.17, 15) is 55.1 Å². The van der Waals surface area contributed by atoms with Gasteiger partial charge in [-0.25, -0.2) is 31.4 Å². The summed E-state index contributed by atoms with van der Waals surface area (Å²) < 4.78 is 82.0. The molecule has 0 saturated carbocycles. The van der Waals surface area contributed by atoms with Gasteiger partial charge in [0, 0.05) is 163 Å². The number of likely N-dealkylation sites (tertiary alicyclic amines) is 3. The monoisotopic (exact) mass is 1240 g/mol. The summed E-state index contributed by atoms with van der Waals surface area (Å²) in [6.45, 7) is 1.27.